The van der Waals surface area contributed by atoms with Crippen molar-refractivity contribution in [2.45, 2.75) is 26.9 Å². The van der Waals surface area contributed by atoms with Gasteiger partial charge in [0, 0.05) is 42.1 Å². The third-order valence-corrected chi connectivity index (χ3v) is 6.00. The van der Waals surface area contributed by atoms with Gasteiger partial charge in [0.1, 0.15) is 6.17 Å². The molecule has 2 aromatic heterocycles. The van der Waals surface area contributed by atoms with Crippen LogP contribution >= 0.6 is 11.6 Å². The quantitative estimate of drug-likeness (QED) is 0.591. The number of allylic oxidation sites excluding steroid dienone is 1. The molecule has 1 amide bonds. The van der Waals surface area contributed by atoms with Crippen LogP contribution in [-0.2, 0) is 4.74 Å². The predicted molar refractivity (Wildman–Crippen MR) is 134 cm³/mol. The van der Waals surface area contributed by atoms with Crippen LogP contribution in [0.1, 0.15) is 29.9 Å². The van der Waals surface area contributed by atoms with E-state index in [0.717, 1.165) is 48.8 Å². The maximum absolute atomic E-state index is 12.9. The largest absolute Gasteiger partial charge is 0.378 e. The Morgan fingerprint density at radius 1 is 1.21 bits per heavy atom. The van der Waals surface area contributed by atoms with E-state index in [1.54, 1.807) is 16.8 Å². The third kappa shape index (κ3) is 5.08. The molecule has 0 saturated carbocycles. The molecule has 34 heavy (non-hydrogen) atoms. The number of amides is 1. The van der Waals surface area contributed by atoms with E-state index in [2.05, 4.69) is 25.6 Å². The maximum Gasteiger partial charge on any atom is 0.273 e. The van der Waals surface area contributed by atoms with Crippen molar-refractivity contribution in [2.24, 2.45) is 0 Å². The predicted octanol–water partition coefficient (Wildman–Crippen LogP) is 3.77. The van der Waals surface area contributed by atoms with Gasteiger partial charge in [-0.2, -0.15) is 5.10 Å². The Bertz CT molecular complexity index is 1230. The molecule has 2 aliphatic rings. The van der Waals surface area contributed by atoms with Gasteiger partial charge in [0.25, 0.3) is 5.91 Å². The first-order valence-electron chi connectivity index (χ1n) is 11.5. The van der Waals surface area contributed by atoms with E-state index in [-0.39, 0.29) is 12.1 Å². The van der Waals surface area contributed by atoms with Gasteiger partial charge in [0.2, 0.25) is 0 Å². The fraction of sp³-hybridized carbons (Fsp3) is 0.320. The Balaban J connectivity index is 0.00000133. The van der Waals surface area contributed by atoms with Gasteiger partial charge in [0.05, 0.1) is 24.6 Å². The number of ether oxygens (including phenoxy) is 1. The van der Waals surface area contributed by atoms with Gasteiger partial charge in [0.15, 0.2) is 11.3 Å². The van der Waals surface area contributed by atoms with E-state index >= 15 is 0 Å². The summed E-state index contributed by atoms with van der Waals surface area (Å²) < 4.78 is 7.06. The van der Waals surface area contributed by atoms with Gasteiger partial charge in [-0.15, -0.1) is 0 Å². The fourth-order valence-corrected chi connectivity index (χ4v) is 3.95. The summed E-state index contributed by atoms with van der Waals surface area (Å²) in [5.41, 5.74) is 4.68. The number of halogens is 1. The Labute approximate surface area is 204 Å². The second-order valence-electron chi connectivity index (χ2n) is 7.74. The molecule has 2 aliphatic heterocycles. The summed E-state index contributed by atoms with van der Waals surface area (Å²) >= 11 is 6.30. The summed E-state index contributed by atoms with van der Waals surface area (Å²) in [5.74, 6) is -0.284. The number of aromatic nitrogens is 3. The molecule has 0 aliphatic carbocycles. The lowest BCUT2D eigenvalue weighted by molar-refractivity contribution is 0.0549. The molecule has 178 valence electrons. The van der Waals surface area contributed by atoms with E-state index in [0.29, 0.717) is 16.4 Å². The molecule has 0 radical (unpaired) electrons. The number of dihydropyridines is 1. The molecule has 1 fully saturated rings. The molecular weight excluding hydrogens is 452 g/mol. The summed E-state index contributed by atoms with van der Waals surface area (Å²) in [6, 6.07) is 9.36. The average molecular weight is 481 g/mol. The fourth-order valence-electron chi connectivity index (χ4n) is 3.77. The number of nitrogens with one attached hydrogen (secondary N) is 2. The zero-order valence-corrected chi connectivity index (χ0v) is 20.3. The van der Waals surface area contributed by atoms with Crippen LogP contribution in [0.2, 0.25) is 5.02 Å². The number of benzene rings is 1. The molecule has 3 aromatic rings. The molecule has 2 N–H and O–H groups in total. The smallest absolute Gasteiger partial charge is 0.273 e. The van der Waals surface area contributed by atoms with Crippen LogP contribution < -0.4 is 10.6 Å². The van der Waals surface area contributed by atoms with Gasteiger partial charge in [-0.3, -0.25) is 4.79 Å². The van der Waals surface area contributed by atoms with Crippen LogP contribution in [0.3, 0.4) is 0 Å². The van der Waals surface area contributed by atoms with Crippen LogP contribution in [-0.4, -0.2) is 57.9 Å². The standard InChI is InChI=1S/C23H23ClN6O2.C2H6/c1-15-2-3-16(12-18(15)24)20-6-7-25-22-13-19(28-30(20)22)23(31)27-21-5-4-17(14-26-21)29-8-10-32-11-9-29;1-2/h2-7,12-14,21,26H,8-11H2,1H3,(H,27,31);1-2H3. The lowest BCUT2D eigenvalue weighted by Gasteiger charge is -2.31. The SMILES string of the molecule is CC.Cc1ccc(-c2ccnc3cc(C(=O)NC4C=CC(N5CCOCC5)=CN4)nn23)cc1Cl. The van der Waals surface area contributed by atoms with Crippen LogP contribution in [0.4, 0.5) is 0 Å². The summed E-state index contributed by atoms with van der Waals surface area (Å²) in [5, 5.41) is 11.4. The van der Waals surface area contributed by atoms with Crippen LogP contribution in [0.5, 0.6) is 0 Å². The minimum atomic E-state index is -0.319. The second kappa shape index (κ2) is 10.7. The minimum absolute atomic E-state index is 0.284. The van der Waals surface area contributed by atoms with Crippen molar-refractivity contribution in [3.05, 3.63) is 76.9 Å². The van der Waals surface area contributed by atoms with Crippen molar-refractivity contribution in [1.82, 2.24) is 30.1 Å². The zero-order valence-electron chi connectivity index (χ0n) is 19.6. The number of aryl methyl sites for hydroxylation is 1. The second-order valence-corrected chi connectivity index (χ2v) is 8.15. The summed E-state index contributed by atoms with van der Waals surface area (Å²) in [7, 11) is 0. The van der Waals surface area contributed by atoms with Crippen LogP contribution in [0, 0.1) is 6.92 Å². The van der Waals surface area contributed by atoms with E-state index < -0.39 is 0 Å². The molecule has 1 unspecified atom stereocenters. The van der Waals surface area contributed by atoms with Gasteiger partial charge in [-0.25, -0.2) is 9.50 Å². The number of hydrogen-bond donors (Lipinski definition) is 2. The van der Waals surface area contributed by atoms with Gasteiger partial charge < -0.3 is 20.3 Å². The highest BCUT2D eigenvalue weighted by Gasteiger charge is 2.19. The number of fused-ring (bicyclic) bond motifs is 1. The van der Waals surface area contributed by atoms with E-state index in [1.165, 1.54) is 0 Å². The first kappa shape index (κ1) is 23.8. The molecule has 5 rings (SSSR count). The first-order valence-corrected chi connectivity index (χ1v) is 11.9. The molecule has 1 saturated heterocycles. The third-order valence-electron chi connectivity index (χ3n) is 5.59. The van der Waals surface area contributed by atoms with Crippen molar-refractivity contribution in [3.63, 3.8) is 0 Å². The van der Waals surface area contributed by atoms with Gasteiger partial charge in [-0.05, 0) is 36.8 Å². The Morgan fingerprint density at radius 2 is 2.00 bits per heavy atom. The Hall–Kier alpha value is -3.36. The number of carbonyl (C=O) groups is 1. The van der Waals surface area contributed by atoms with Crippen LogP contribution in [0.15, 0.2) is 60.6 Å². The summed E-state index contributed by atoms with van der Waals surface area (Å²) in [4.78, 5) is 19.5. The Morgan fingerprint density at radius 3 is 2.71 bits per heavy atom. The molecule has 9 heteroatoms. The van der Waals surface area contributed by atoms with Gasteiger partial charge >= 0.3 is 0 Å². The van der Waals surface area contributed by atoms with Gasteiger partial charge in [-0.1, -0.05) is 37.6 Å². The molecule has 1 atom stereocenters. The first-order chi connectivity index (χ1) is 16.6. The van der Waals surface area contributed by atoms with Crippen molar-refractivity contribution >= 4 is 23.2 Å². The van der Waals surface area contributed by atoms with Crippen molar-refractivity contribution in [3.8, 4) is 11.3 Å². The highest BCUT2D eigenvalue weighted by Crippen LogP contribution is 2.25. The molecule has 1 aromatic carbocycles. The monoisotopic (exact) mass is 480 g/mol. The molecule has 0 spiro atoms. The molecule has 8 nitrogen and oxygen atoms in total. The average Bonchev–Trinajstić information content (AvgIpc) is 3.33. The number of nitrogens with zero attached hydrogens (tertiary/aromatic N) is 4. The highest BCUT2D eigenvalue weighted by molar-refractivity contribution is 6.31. The minimum Gasteiger partial charge on any atom is -0.378 e. The van der Waals surface area contributed by atoms with E-state index in [4.69, 9.17) is 16.3 Å². The Kier molecular flexibility index (Phi) is 7.49. The number of rotatable bonds is 4. The lowest BCUT2D eigenvalue weighted by atomic mass is 10.1. The van der Waals surface area contributed by atoms with Crippen LogP contribution in [0.25, 0.3) is 16.9 Å². The summed E-state index contributed by atoms with van der Waals surface area (Å²) in [6.07, 6.45) is 7.24. The number of hydrogen-bond acceptors (Lipinski definition) is 6. The maximum atomic E-state index is 12.9. The summed E-state index contributed by atoms with van der Waals surface area (Å²) in [6.45, 7) is 9.13. The van der Waals surface area contributed by atoms with Crippen molar-refractivity contribution in [1.29, 1.82) is 0 Å². The topological polar surface area (TPSA) is 83.8 Å². The molecule has 0 bridgehead atoms. The number of morpholine rings is 1. The number of carbonyl (C=O) groups excluding carboxylic acids is 1. The molecule has 4 heterocycles. The normalized spacial score (nSPS) is 17.5. The van der Waals surface area contributed by atoms with Crippen molar-refractivity contribution < 1.29 is 9.53 Å². The molecular formula is C25H29ClN6O2. The van der Waals surface area contributed by atoms with E-state index in [9.17, 15) is 4.79 Å². The van der Waals surface area contributed by atoms with E-state index in [1.807, 2.05) is 63.4 Å². The zero-order chi connectivity index (χ0) is 24.1. The van der Waals surface area contributed by atoms with Crippen molar-refractivity contribution in [2.75, 3.05) is 26.3 Å². The highest BCUT2D eigenvalue weighted by atomic mass is 35.5. The lowest BCUT2D eigenvalue weighted by Crippen LogP contribution is -2.45.